The van der Waals surface area contributed by atoms with Crippen LogP contribution in [0.3, 0.4) is 0 Å². The van der Waals surface area contributed by atoms with Crippen molar-refractivity contribution in [2.75, 3.05) is 0 Å². The van der Waals surface area contributed by atoms with Gasteiger partial charge >= 0.3 is 0 Å². The van der Waals surface area contributed by atoms with Crippen LogP contribution in [0.2, 0.25) is 0 Å². The highest BCUT2D eigenvalue weighted by Gasteiger charge is 2.29. The molecule has 1 nitrogen and oxygen atoms in total. The van der Waals surface area contributed by atoms with Gasteiger partial charge in [0, 0.05) is 11.8 Å². The van der Waals surface area contributed by atoms with E-state index in [-0.39, 0.29) is 5.41 Å². The summed E-state index contributed by atoms with van der Waals surface area (Å²) in [5, 5.41) is 0. The van der Waals surface area contributed by atoms with Crippen LogP contribution >= 0.6 is 0 Å². The molecule has 0 heterocycles. The average Bonchev–Trinajstić information content (AvgIpc) is 2.17. The summed E-state index contributed by atoms with van der Waals surface area (Å²) in [5.41, 5.74) is 1.98. The van der Waals surface area contributed by atoms with Crippen LogP contribution in [0, 0.1) is 12.8 Å². The monoisotopic (exact) mass is 218 g/mol. The molecule has 0 amide bonds. The Balaban J connectivity index is 2.92. The third kappa shape index (κ3) is 2.94. The zero-order valence-corrected chi connectivity index (χ0v) is 11.0. The van der Waals surface area contributed by atoms with E-state index in [0.29, 0.717) is 18.1 Å². The number of carbonyl (C=O) groups excluding carboxylic acids is 1. The second-order valence-corrected chi connectivity index (χ2v) is 5.51. The van der Waals surface area contributed by atoms with E-state index in [1.807, 2.05) is 13.8 Å². The standard InChI is InChI=1S/C15H22O/c1-11(2)10-14(16)15(4,5)13-8-6-12(3)7-9-13/h6-9,11H,10H2,1-5H3. The Morgan fingerprint density at radius 2 is 1.69 bits per heavy atom. The highest BCUT2D eigenvalue weighted by atomic mass is 16.1. The van der Waals surface area contributed by atoms with Gasteiger partial charge < -0.3 is 0 Å². The fourth-order valence-electron chi connectivity index (χ4n) is 1.76. The second kappa shape index (κ2) is 4.82. The van der Waals surface area contributed by atoms with E-state index in [1.165, 1.54) is 5.56 Å². The first kappa shape index (κ1) is 13.0. The number of hydrogen-bond donors (Lipinski definition) is 0. The molecule has 0 bridgehead atoms. The van der Waals surface area contributed by atoms with Crippen LogP contribution in [0.25, 0.3) is 0 Å². The lowest BCUT2D eigenvalue weighted by Gasteiger charge is -2.24. The zero-order valence-electron chi connectivity index (χ0n) is 11.0. The van der Waals surface area contributed by atoms with Crippen LogP contribution < -0.4 is 0 Å². The molecule has 0 aliphatic heterocycles. The molecule has 0 atom stereocenters. The van der Waals surface area contributed by atoms with Gasteiger partial charge in [0.2, 0.25) is 0 Å². The predicted octanol–water partition coefficient (Wildman–Crippen LogP) is 3.89. The Bertz CT molecular complexity index is 358. The van der Waals surface area contributed by atoms with Crippen molar-refractivity contribution in [3.8, 4) is 0 Å². The van der Waals surface area contributed by atoms with Crippen molar-refractivity contribution in [3.63, 3.8) is 0 Å². The van der Waals surface area contributed by atoms with E-state index in [2.05, 4.69) is 45.0 Å². The zero-order chi connectivity index (χ0) is 12.3. The van der Waals surface area contributed by atoms with Gasteiger partial charge in [-0.2, -0.15) is 0 Å². The van der Waals surface area contributed by atoms with E-state index >= 15 is 0 Å². The smallest absolute Gasteiger partial charge is 0.143 e. The van der Waals surface area contributed by atoms with Crippen LogP contribution in [-0.4, -0.2) is 5.78 Å². The molecule has 0 aliphatic carbocycles. The van der Waals surface area contributed by atoms with Gasteiger partial charge in [-0.15, -0.1) is 0 Å². The summed E-state index contributed by atoms with van der Waals surface area (Å²) in [5.74, 6) is 0.753. The number of Topliss-reactive ketones (excluding diaryl/α,β-unsaturated/α-hetero) is 1. The Morgan fingerprint density at radius 1 is 1.19 bits per heavy atom. The molecule has 0 aliphatic rings. The summed E-state index contributed by atoms with van der Waals surface area (Å²) >= 11 is 0. The first-order valence-corrected chi connectivity index (χ1v) is 5.94. The summed E-state index contributed by atoms with van der Waals surface area (Å²) in [6.45, 7) is 10.3. The van der Waals surface area contributed by atoms with Crippen molar-refractivity contribution in [2.45, 2.75) is 46.5 Å². The number of benzene rings is 1. The quantitative estimate of drug-likeness (QED) is 0.749. The van der Waals surface area contributed by atoms with Crippen LogP contribution in [0.4, 0.5) is 0 Å². The molecule has 0 fully saturated rings. The maximum Gasteiger partial charge on any atom is 0.143 e. The molecule has 1 aromatic carbocycles. The molecule has 16 heavy (non-hydrogen) atoms. The Labute approximate surface area is 98.9 Å². The molecule has 0 aromatic heterocycles. The molecule has 0 unspecified atom stereocenters. The van der Waals surface area contributed by atoms with Crippen molar-refractivity contribution in [2.24, 2.45) is 5.92 Å². The van der Waals surface area contributed by atoms with Gasteiger partial charge in [0.15, 0.2) is 0 Å². The predicted molar refractivity (Wildman–Crippen MR) is 68.7 cm³/mol. The van der Waals surface area contributed by atoms with Crippen LogP contribution in [-0.2, 0) is 10.2 Å². The highest BCUT2D eigenvalue weighted by molar-refractivity contribution is 5.89. The molecule has 0 saturated carbocycles. The van der Waals surface area contributed by atoms with Crippen LogP contribution in [0.15, 0.2) is 24.3 Å². The van der Waals surface area contributed by atoms with Gasteiger partial charge in [-0.3, -0.25) is 4.79 Å². The summed E-state index contributed by atoms with van der Waals surface area (Å²) in [7, 11) is 0. The Kier molecular flexibility index (Phi) is 3.90. The Hall–Kier alpha value is -1.11. The third-order valence-corrected chi connectivity index (χ3v) is 3.06. The molecular weight excluding hydrogens is 196 g/mol. The van der Waals surface area contributed by atoms with Gasteiger partial charge in [0.1, 0.15) is 5.78 Å². The normalized spacial score (nSPS) is 11.9. The van der Waals surface area contributed by atoms with Crippen molar-refractivity contribution in [3.05, 3.63) is 35.4 Å². The van der Waals surface area contributed by atoms with Gasteiger partial charge in [-0.25, -0.2) is 0 Å². The third-order valence-electron chi connectivity index (χ3n) is 3.06. The number of carbonyl (C=O) groups is 1. The summed E-state index contributed by atoms with van der Waals surface area (Å²) in [6, 6.07) is 8.26. The maximum atomic E-state index is 12.2. The Morgan fingerprint density at radius 3 is 2.12 bits per heavy atom. The molecule has 0 spiro atoms. The number of hydrogen-bond acceptors (Lipinski definition) is 1. The molecule has 1 rings (SSSR count). The van der Waals surface area contributed by atoms with Crippen molar-refractivity contribution >= 4 is 5.78 Å². The average molecular weight is 218 g/mol. The van der Waals surface area contributed by atoms with Gasteiger partial charge in [-0.05, 0) is 32.3 Å². The highest BCUT2D eigenvalue weighted by Crippen LogP contribution is 2.27. The number of rotatable bonds is 4. The van der Waals surface area contributed by atoms with E-state index in [9.17, 15) is 4.79 Å². The van der Waals surface area contributed by atoms with E-state index < -0.39 is 0 Å². The minimum absolute atomic E-state index is 0.325. The van der Waals surface area contributed by atoms with Crippen LogP contribution in [0.5, 0.6) is 0 Å². The minimum atomic E-state index is -0.363. The maximum absolute atomic E-state index is 12.2. The molecular formula is C15H22O. The number of ketones is 1. The summed E-state index contributed by atoms with van der Waals surface area (Å²) in [6.07, 6.45) is 0.654. The first-order chi connectivity index (χ1) is 7.34. The van der Waals surface area contributed by atoms with Crippen molar-refractivity contribution in [1.29, 1.82) is 0 Å². The summed E-state index contributed by atoms with van der Waals surface area (Å²) in [4.78, 5) is 12.2. The molecule has 0 radical (unpaired) electrons. The van der Waals surface area contributed by atoms with Crippen LogP contribution in [0.1, 0.15) is 45.2 Å². The fourth-order valence-corrected chi connectivity index (χ4v) is 1.76. The topological polar surface area (TPSA) is 17.1 Å². The molecule has 0 N–H and O–H groups in total. The lowest BCUT2D eigenvalue weighted by molar-refractivity contribution is -0.124. The van der Waals surface area contributed by atoms with E-state index in [4.69, 9.17) is 0 Å². The molecule has 88 valence electrons. The lowest BCUT2D eigenvalue weighted by Crippen LogP contribution is -2.29. The fraction of sp³-hybridized carbons (Fsp3) is 0.533. The number of aryl methyl sites for hydroxylation is 1. The van der Waals surface area contributed by atoms with Gasteiger partial charge in [-0.1, -0.05) is 43.7 Å². The molecule has 1 aromatic rings. The molecule has 0 saturated heterocycles. The van der Waals surface area contributed by atoms with E-state index in [1.54, 1.807) is 0 Å². The van der Waals surface area contributed by atoms with Crippen molar-refractivity contribution in [1.82, 2.24) is 0 Å². The molecule has 1 heteroatoms. The first-order valence-electron chi connectivity index (χ1n) is 5.94. The minimum Gasteiger partial charge on any atom is -0.299 e. The second-order valence-electron chi connectivity index (χ2n) is 5.51. The van der Waals surface area contributed by atoms with Gasteiger partial charge in [0.05, 0.1) is 0 Å². The SMILES string of the molecule is Cc1ccc(C(C)(C)C(=O)CC(C)C)cc1. The van der Waals surface area contributed by atoms with E-state index in [0.717, 1.165) is 5.56 Å². The largest absolute Gasteiger partial charge is 0.299 e. The van der Waals surface area contributed by atoms with Gasteiger partial charge in [0.25, 0.3) is 0 Å². The summed E-state index contributed by atoms with van der Waals surface area (Å²) < 4.78 is 0. The van der Waals surface area contributed by atoms with Crippen molar-refractivity contribution < 1.29 is 4.79 Å². The lowest BCUT2D eigenvalue weighted by atomic mass is 9.78.